The zero-order valence-corrected chi connectivity index (χ0v) is 15.1. The first-order valence-electron chi connectivity index (χ1n) is 8.54. The van der Waals surface area contributed by atoms with E-state index < -0.39 is 23.5 Å². The Bertz CT molecular complexity index is 881. The molecule has 1 N–H and O–H groups in total. The summed E-state index contributed by atoms with van der Waals surface area (Å²) in [6, 6.07) is 4.72. The average molecular weight is 398 g/mol. The van der Waals surface area contributed by atoms with Crippen molar-refractivity contribution < 1.29 is 17.7 Å². The predicted octanol–water partition coefficient (Wildman–Crippen LogP) is 2.23. The maximum absolute atomic E-state index is 13.1. The number of nitriles is 1. The molecule has 1 aromatic carbocycles. The molecule has 27 heavy (non-hydrogen) atoms. The van der Waals surface area contributed by atoms with Gasteiger partial charge in [0.1, 0.15) is 0 Å². The van der Waals surface area contributed by atoms with Gasteiger partial charge in [-0.15, -0.1) is 0 Å². The number of halogens is 3. The standard InChI is InChI=1S/C16H17F3N6OS/c17-16(18,19)15-21-13-3-2-11(8-14(13)22-15)24-5-1-6-25(27(24)26)12-4-7-23(9-12)10-20/h2-3,8,12H,1,4-7,9H2,(H,21,22). The van der Waals surface area contributed by atoms with Gasteiger partial charge in [0, 0.05) is 19.6 Å². The Kier molecular flexibility index (Phi) is 4.57. The number of aromatic amines is 1. The second kappa shape index (κ2) is 6.78. The molecule has 7 nitrogen and oxygen atoms in total. The highest BCUT2D eigenvalue weighted by Gasteiger charge is 2.41. The molecule has 3 heterocycles. The van der Waals surface area contributed by atoms with Gasteiger partial charge >= 0.3 is 6.18 Å². The van der Waals surface area contributed by atoms with Crippen molar-refractivity contribution in [2.24, 2.45) is 0 Å². The van der Waals surface area contributed by atoms with E-state index in [-0.39, 0.29) is 17.1 Å². The molecule has 0 amide bonds. The van der Waals surface area contributed by atoms with E-state index in [0.717, 1.165) is 12.8 Å². The summed E-state index contributed by atoms with van der Waals surface area (Å²) in [5.74, 6) is -1.04. The van der Waals surface area contributed by atoms with Gasteiger partial charge < -0.3 is 14.4 Å². The molecule has 2 atom stereocenters. The third-order valence-electron chi connectivity index (χ3n) is 4.86. The number of nitrogens with one attached hydrogen (secondary N) is 1. The Morgan fingerprint density at radius 3 is 2.81 bits per heavy atom. The summed E-state index contributed by atoms with van der Waals surface area (Å²) in [7, 11) is 0. The quantitative estimate of drug-likeness (QED) is 0.617. The monoisotopic (exact) mass is 398 g/mol. The van der Waals surface area contributed by atoms with Gasteiger partial charge in [-0.25, -0.2) is 4.98 Å². The highest BCUT2D eigenvalue weighted by atomic mass is 32.2. The van der Waals surface area contributed by atoms with Gasteiger partial charge in [0.15, 0.2) is 17.7 Å². The summed E-state index contributed by atoms with van der Waals surface area (Å²) in [6.07, 6.45) is -0.879. The molecule has 144 valence electrons. The number of aromatic nitrogens is 2. The van der Waals surface area contributed by atoms with Crippen LogP contribution in [0.25, 0.3) is 11.0 Å². The number of benzene rings is 1. The number of nitrogens with zero attached hydrogens (tertiary/aromatic N) is 5. The van der Waals surface area contributed by atoms with Gasteiger partial charge in [0.25, 0.3) is 0 Å². The number of likely N-dealkylation sites (tertiary alicyclic amines) is 1. The zero-order valence-electron chi connectivity index (χ0n) is 14.2. The molecule has 2 unspecified atom stereocenters. The normalized spacial score (nSPS) is 24.6. The topological polar surface area (TPSA) is 85.2 Å². The Hall–Kier alpha value is -2.16. The maximum Gasteiger partial charge on any atom is 0.449 e. The second-order valence-corrected chi connectivity index (χ2v) is 7.97. The van der Waals surface area contributed by atoms with Crippen LogP contribution >= 0.6 is 0 Å². The minimum Gasteiger partial charge on any atom is -0.573 e. The van der Waals surface area contributed by atoms with Gasteiger partial charge in [0.2, 0.25) is 5.82 Å². The highest BCUT2D eigenvalue weighted by molar-refractivity contribution is 7.90. The van der Waals surface area contributed by atoms with Crippen LogP contribution < -0.4 is 4.31 Å². The predicted molar refractivity (Wildman–Crippen MR) is 93.5 cm³/mol. The van der Waals surface area contributed by atoms with Gasteiger partial charge in [-0.2, -0.15) is 22.7 Å². The van der Waals surface area contributed by atoms with Crippen LogP contribution in [-0.4, -0.2) is 55.9 Å². The molecular formula is C16H17F3N6OS. The first-order chi connectivity index (χ1) is 12.9. The Labute approximate surface area is 156 Å². The number of imidazole rings is 1. The van der Waals surface area contributed by atoms with Gasteiger partial charge in [0.05, 0.1) is 29.3 Å². The maximum atomic E-state index is 13.1. The molecular weight excluding hydrogens is 381 g/mol. The van der Waals surface area contributed by atoms with Crippen LogP contribution in [0.2, 0.25) is 0 Å². The molecule has 2 aromatic rings. The average Bonchev–Trinajstić information content (AvgIpc) is 3.27. The molecule has 2 aliphatic rings. The fraction of sp³-hybridized carbons (Fsp3) is 0.500. The van der Waals surface area contributed by atoms with E-state index in [1.807, 2.05) is 4.31 Å². The smallest absolute Gasteiger partial charge is 0.449 e. The molecule has 0 radical (unpaired) electrons. The van der Waals surface area contributed by atoms with Crippen LogP contribution in [0, 0.1) is 11.5 Å². The van der Waals surface area contributed by atoms with Crippen molar-refractivity contribution in [3.8, 4) is 6.19 Å². The Morgan fingerprint density at radius 1 is 1.30 bits per heavy atom. The summed E-state index contributed by atoms with van der Waals surface area (Å²) >= 11 is -1.45. The second-order valence-electron chi connectivity index (χ2n) is 6.60. The highest BCUT2D eigenvalue weighted by Crippen LogP contribution is 2.32. The van der Waals surface area contributed by atoms with Crippen molar-refractivity contribution in [3.63, 3.8) is 0 Å². The lowest BCUT2D eigenvalue weighted by Gasteiger charge is -2.38. The van der Waals surface area contributed by atoms with Crippen molar-refractivity contribution >= 4 is 28.3 Å². The molecule has 2 aliphatic heterocycles. The van der Waals surface area contributed by atoms with Crippen molar-refractivity contribution in [2.45, 2.75) is 25.1 Å². The van der Waals surface area contributed by atoms with Crippen molar-refractivity contribution in [3.05, 3.63) is 24.0 Å². The molecule has 0 spiro atoms. The fourth-order valence-corrected chi connectivity index (χ4v) is 5.08. The van der Waals surface area contributed by atoms with Gasteiger partial charge in [-0.3, -0.25) is 0 Å². The number of hydrogen-bond donors (Lipinski definition) is 1. The third kappa shape index (κ3) is 3.40. The number of hydrogen-bond acceptors (Lipinski definition) is 6. The number of rotatable bonds is 2. The van der Waals surface area contributed by atoms with E-state index in [4.69, 9.17) is 5.26 Å². The summed E-state index contributed by atoms with van der Waals surface area (Å²) in [5, 5.41) is 9.02. The van der Waals surface area contributed by atoms with E-state index in [1.165, 1.54) is 6.07 Å². The first kappa shape index (κ1) is 18.2. The summed E-state index contributed by atoms with van der Waals surface area (Å²) < 4.78 is 55.2. The SMILES string of the molecule is N#CN1CCC(N2CCCN(c3ccc4nc(C(F)(F)F)[nH]c4c3)[S+]2[O-])C1. The minimum absolute atomic E-state index is 0.0287. The van der Waals surface area contributed by atoms with Crippen LogP contribution in [0.1, 0.15) is 18.7 Å². The summed E-state index contributed by atoms with van der Waals surface area (Å²) in [6.45, 7) is 2.40. The molecule has 0 bridgehead atoms. The fourth-order valence-electron chi connectivity index (χ4n) is 3.54. The van der Waals surface area contributed by atoms with Crippen molar-refractivity contribution in [1.82, 2.24) is 19.2 Å². The van der Waals surface area contributed by atoms with E-state index >= 15 is 0 Å². The third-order valence-corrected chi connectivity index (χ3v) is 6.52. The lowest BCUT2D eigenvalue weighted by atomic mass is 10.2. The van der Waals surface area contributed by atoms with Crippen LogP contribution in [0.4, 0.5) is 18.9 Å². The zero-order chi connectivity index (χ0) is 19.2. The Balaban J connectivity index is 1.58. The number of H-pyrrole nitrogens is 1. The summed E-state index contributed by atoms with van der Waals surface area (Å²) in [4.78, 5) is 7.50. The number of alkyl halides is 3. The van der Waals surface area contributed by atoms with Crippen LogP contribution in [-0.2, 0) is 17.7 Å². The van der Waals surface area contributed by atoms with E-state index in [2.05, 4.69) is 16.2 Å². The molecule has 0 saturated carbocycles. The molecule has 0 aliphatic carbocycles. The van der Waals surface area contributed by atoms with Crippen molar-refractivity contribution in [1.29, 1.82) is 5.26 Å². The number of fused-ring (bicyclic) bond motifs is 1. The lowest BCUT2D eigenvalue weighted by molar-refractivity contribution is -0.144. The van der Waals surface area contributed by atoms with E-state index in [9.17, 15) is 17.7 Å². The molecule has 2 saturated heterocycles. The lowest BCUT2D eigenvalue weighted by Crippen LogP contribution is -2.54. The largest absolute Gasteiger partial charge is 0.573 e. The van der Waals surface area contributed by atoms with Gasteiger partial charge in [-0.1, -0.05) is 4.31 Å². The Morgan fingerprint density at radius 2 is 2.11 bits per heavy atom. The molecule has 2 fully saturated rings. The van der Waals surface area contributed by atoms with E-state index in [0.29, 0.717) is 31.9 Å². The first-order valence-corrected chi connectivity index (χ1v) is 9.61. The molecule has 1 aromatic heterocycles. The minimum atomic E-state index is -4.54. The van der Waals surface area contributed by atoms with Crippen LogP contribution in [0.15, 0.2) is 18.2 Å². The summed E-state index contributed by atoms with van der Waals surface area (Å²) in [5.41, 5.74) is 1.05. The number of anilines is 1. The van der Waals surface area contributed by atoms with Crippen LogP contribution in [0.5, 0.6) is 0 Å². The van der Waals surface area contributed by atoms with E-state index in [1.54, 1.807) is 21.3 Å². The molecule has 4 rings (SSSR count). The van der Waals surface area contributed by atoms with Crippen molar-refractivity contribution in [2.75, 3.05) is 30.5 Å². The van der Waals surface area contributed by atoms with Gasteiger partial charge in [-0.05, 0) is 31.0 Å². The molecule has 11 heteroatoms. The van der Waals surface area contributed by atoms with Crippen LogP contribution in [0.3, 0.4) is 0 Å².